The van der Waals surface area contributed by atoms with E-state index in [2.05, 4.69) is 20.6 Å². The molecule has 0 aromatic carbocycles. The van der Waals surface area contributed by atoms with Crippen LogP contribution in [-0.4, -0.2) is 22.9 Å². The standard InChI is InChI=1S/C12H11ClN4O/c1-14-11-6-8(9(13)7-16-11)12(18)17-10-4-2-3-5-15-10/h2-7H,1H3,(H,14,16)(H,15,17,18). The minimum absolute atomic E-state index is 0.294. The van der Waals surface area contributed by atoms with Crippen molar-refractivity contribution in [2.45, 2.75) is 0 Å². The predicted molar refractivity (Wildman–Crippen MR) is 71.0 cm³/mol. The summed E-state index contributed by atoms with van der Waals surface area (Å²) in [5.41, 5.74) is 0.349. The second-order valence-corrected chi connectivity index (χ2v) is 3.88. The van der Waals surface area contributed by atoms with Gasteiger partial charge in [0.2, 0.25) is 0 Å². The lowest BCUT2D eigenvalue weighted by Crippen LogP contribution is -2.14. The zero-order valence-electron chi connectivity index (χ0n) is 9.64. The van der Waals surface area contributed by atoms with Crippen molar-refractivity contribution in [3.05, 3.63) is 47.2 Å². The first-order valence-corrected chi connectivity index (χ1v) is 5.64. The zero-order valence-corrected chi connectivity index (χ0v) is 10.4. The van der Waals surface area contributed by atoms with E-state index in [4.69, 9.17) is 11.6 Å². The molecule has 6 heteroatoms. The van der Waals surface area contributed by atoms with E-state index in [1.807, 2.05) is 0 Å². The lowest BCUT2D eigenvalue weighted by molar-refractivity contribution is 0.102. The number of rotatable bonds is 3. The highest BCUT2D eigenvalue weighted by atomic mass is 35.5. The normalized spacial score (nSPS) is 9.89. The maximum Gasteiger partial charge on any atom is 0.258 e. The van der Waals surface area contributed by atoms with Gasteiger partial charge in [0.15, 0.2) is 0 Å². The number of hydrogen-bond acceptors (Lipinski definition) is 4. The van der Waals surface area contributed by atoms with Gasteiger partial charge >= 0.3 is 0 Å². The van der Waals surface area contributed by atoms with Crippen LogP contribution in [0.1, 0.15) is 10.4 Å². The third-order valence-corrected chi connectivity index (χ3v) is 2.56. The smallest absolute Gasteiger partial charge is 0.258 e. The Morgan fingerprint density at radius 2 is 2.11 bits per heavy atom. The zero-order chi connectivity index (χ0) is 13.0. The van der Waals surface area contributed by atoms with Gasteiger partial charge < -0.3 is 10.6 Å². The minimum Gasteiger partial charge on any atom is -0.373 e. The van der Waals surface area contributed by atoms with Gasteiger partial charge in [-0.25, -0.2) is 9.97 Å². The van der Waals surface area contributed by atoms with Crippen molar-refractivity contribution in [1.29, 1.82) is 0 Å². The first-order valence-electron chi connectivity index (χ1n) is 5.26. The Kier molecular flexibility index (Phi) is 3.74. The number of carbonyl (C=O) groups excluding carboxylic acids is 1. The van der Waals surface area contributed by atoms with Crippen molar-refractivity contribution >= 4 is 29.1 Å². The van der Waals surface area contributed by atoms with Crippen LogP contribution >= 0.6 is 11.6 Å². The van der Waals surface area contributed by atoms with E-state index >= 15 is 0 Å². The molecular weight excluding hydrogens is 252 g/mol. The molecule has 2 heterocycles. The molecule has 92 valence electrons. The highest BCUT2D eigenvalue weighted by molar-refractivity contribution is 6.34. The van der Waals surface area contributed by atoms with Gasteiger partial charge in [-0.15, -0.1) is 0 Å². The molecule has 0 bridgehead atoms. The Hall–Kier alpha value is -2.14. The summed E-state index contributed by atoms with van der Waals surface area (Å²) in [6, 6.07) is 6.84. The molecule has 0 saturated heterocycles. The molecule has 2 rings (SSSR count). The molecule has 18 heavy (non-hydrogen) atoms. The summed E-state index contributed by atoms with van der Waals surface area (Å²) in [4.78, 5) is 20.0. The summed E-state index contributed by atoms with van der Waals surface area (Å²) in [7, 11) is 1.72. The number of carbonyl (C=O) groups is 1. The monoisotopic (exact) mass is 262 g/mol. The van der Waals surface area contributed by atoms with E-state index in [-0.39, 0.29) is 5.91 Å². The Bertz CT molecular complexity index is 559. The topological polar surface area (TPSA) is 66.9 Å². The van der Waals surface area contributed by atoms with Crippen molar-refractivity contribution in [3.8, 4) is 0 Å². The number of pyridine rings is 2. The fraction of sp³-hybridized carbons (Fsp3) is 0.0833. The molecule has 0 saturated carbocycles. The number of hydrogen-bond donors (Lipinski definition) is 2. The molecule has 0 atom stereocenters. The van der Waals surface area contributed by atoms with E-state index in [1.165, 1.54) is 6.20 Å². The van der Waals surface area contributed by atoms with Crippen LogP contribution in [0, 0.1) is 0 Å². The summed E-state index contributed by atoms with van der Waals surface area (Å²) in [5, 5.41) is 5.80. The lowest BCUT2D eigenvalue weighted by atomic mass is 10.2. The molecule has 0 aliphatic rings. The summed E-state index contributed by atoms with van der Waals surface area (Å²) in [5.74, 6) is 0.726. The lowest BCUT2D eigenvalue weighted by Gasteiger charge is -2.07. The molecule has 2 aromatic rings. The van der Waals surface area contributed by atoms with Crippen LogP contribution in [0.4, 0.5) is 11.6 Å². The summed E-state index contributed by atoms with van der Waals surface area (Å²) >= 11 is 5.94. The second-order valence-electron chi connectivity index (χ2n) is 3.47. The molecule has 0 unspecified atom stereocenters. The number of anilines is 2. The van der Waals surface area contributed by atoms with Gasteiger partial charge in [0.05, 0.1) is 10.6 Å². The Balaban J connectivity index is 2.23. The third kappa shape index (κ3) is 2.75. The molecule has 0 aliphatic heterocycles. The van der Waals surface area contributed by atoms with Crippen molar-refractivity contribution in [3.63, 3.8) is 0 Å². The molecular formula is C12H11ClN4O. The summed E-state index contributed by atoms with van der Waals surface area (Å²) < 4.78 is 0. The van der Waals surface area contributed by atoms with Crippen molar-refractivity contribution in [2.75, 3.05) is 17.7 Å². The van der Waals surface area contributed by atoms with Gasteiger partial charge in [0.1, 0.15) is 11.6 Å². The highest BCUT2D eigenvalue weighted by Gasteiger charge is 2.12. The first-order chi connectivity index (χ1) is 8.70. The Labute approximate surface area is 109 Å². The van der Waals surface area contributed by atoms with Crippen LogP contribution in [0.15, 0.2) is 36.7 Å². The van der Waals surface area contributed by atoms with Crippen molar-refractivity contribution < 1.29 is 4.79 Å². The third-order valence-electron chi connectivity index (χ3n) is 2.26. The first kappa shape index (κ1) is 12.3. The van der Waals surface area contributed by atoms with E-state index in [0.717, 1.165) is 0 Å². The number of halogens is 1. The van der Waals surface area contributed by atoms with E-state index in [9.17, 15) is 4.79 Å². The number of nitrogens with zero attached hydrogens (tertiary/aromatic N) is 2. The summed E-state index contributed by atoms with van der Waals surface area (Å²) in [6.45, 7) is 0. The number of aromatic nitrogens is 2. The van der Waals surface area contributed by atoms with Crippen LogP contribution in [0.5, 0.6) is 0 Å². The fourth-order valence-electron chi connectivity index (χ4n) is 1.37. The van der Waals surface area contributed by atoms with E-state index < -0.39 is 0 Å². The van der Waals surface area contributed by atoms with Crippen LogP contribution in [0.25, 0.3) is 0 Å². The maximum atomic E-state index is 12.0. The van der Waals surface area contributed by atoms with Crippen LogP contribution < -0.4 is 10.6 Å². The van der Waals surface area contributed by atoms with Gasteiger partial charge in [-0.1, -0.05) is 17.7 Å². The van der Waals surface area contributed by atoms with Gasteiger partial charge in [-0.2, -0.15) is 0 Å². The molecule has 0 aliphatic carbocycles. The van der Waals surface area contributed by atoms with Crippen molar-refractivity contribution in [2.24, 2.45) is 0 Å². The largest absolute Gasteiger partial charge is 0.373 e. The Morgan fingerprint density at radius 1 is 1.28 bits per heavy atom. The number of amides is 1. The minimum atomic E-state index is -0.322. The second kappa shape index (κ2) is 5.46. The summed E-state index contributed by atoms with van der Waals surface area (Å²) in [6.07, 6.45) is 3.03. The van der Waals surface area contributed by atoms with Crippen molar-refractivity contribution in [1.82, 2.24) is 9.97 Å². The van der Waals surface area contributed by atoms with Gasteiger partial charge in [-0.3, -0.25) is 4.79 Å². The molecule has 5 nitrogen and oxygen atoms in total. The predicted octanol–water partition coefficient (Wildman–Crippen LogP) is 2.42. The molecule has 2 aromatic heterocycles. The van der Waals surface area contributed by atoms with E-state index in [1.54, 1.807) is 37.5 Å². The average molecular weight is 263 g/mol. The van der Waals surface area contributed by atoms with E-state index in [0.29, 0.717) is 22.2 Å². The van der Waals surface area contributed by atoms with Gasteiger partial charge in [-0.05, 0) is 18.2 Å². The highest BCUT2D eigenvalue weighted by Crippen LogP contribution is 2.18. The van der Waals surface area contributed by atoms with Gasteiger partial charge in [0, 0.05) is 19.4 Å². The van der Waals surface area contributed by atoms with Crippen LogP contribution in [0.3, 0.4) is 0 Å². The number of nitrogens with one attached hydrogen (secondary N) is 2. The molecule has 0 fully saturated rings. The van der Waals surface area contributed by atoms with Crippen LogP contribution in [0.2, 0.25) is 5.02 Å². The molecule has 1 amide bonds. The fourth-order valence-corrected chi connectivity index (χ4v) is 1.56. The van der Waals surface area contributed by atoms with Crippen LogP contribution in [-0.2, 0) is 0 Å². The Morgan fingerprint density at radius 3 is 2.78 bits per heavy atom. The average Bonchev–Trinajstić information content (AvgIpc) is 2.40. The molecule has 0 spiro atoms. The quantitative estimate of drug-likeness (QED) is 0.892. The molecule has 2 N–H and O–H groups in total. The maximum absolute atomic E-state index is 12.0. The van der Waals surface area contributed by atoms with Gasteiger partial charge in [0.25, 0.3) is 5.91 Å². The molecule has 0 radical (unpaired) electrons. The SMILES string of the molecule is CNc1cc(C(=O)Nc2ccccn2)c(Cl)cn1.